The molecule has 0 N–H and O–H groups in total. The first kappa shape index (κ1) is 25.4. The average Bonchev–Trinajstić information content (AvgIpc) is 3.22. The molecule has 8 heteroatoms. The lowest BCUT2D eigenvalue weighted by molar-refractivity contribution is -0.139. The Morgan fingerprint density at radius 2 is 1.76 bits per heavy atom. The van der Waals surface area contributed by atoms with Crippen LogP contribution in [-0.4, -0.2) is 17.1 Å². The van der Waals surface area contributed by atoms with Crippen LogP contribution < -0.4 is 19.6 Å². The van der Waals surface area contributed by atoms with Crippen LogP contribution in [0, 0.1) is 5.82 Å². The molecule has 0 bridgehead atoms. The third-order valence-corrected chi connectivity index (χ3v) is 7.11. The van der Waals surface area contributed by atoms with Crippen molar-refractivity contribution in [1.29, 1.82) is 0 Å². The van der Waals surface area contributed by atoms with Gasteiger partial charge in [-0.25, -0.2) is 14.2 Å². The number of halogens is 1. The zero-order chi connectivity index (χ0) is 26.6. The predicted octanol–water partition coefficient (Wildman–Crippen LogP) is 4.52. The Morgan fingerprint density at radius 1 is 1.05 bits per heavy atom. The van der Waals surface area contributed by atoms with Gasteiger partial charge in [-0.3, -0.25) is 9.36 Å². The smallest absolute Gasteiger partial charge is 0.338 e. The fraction of sp³-hybridized carbons (Fsp3) is 0.167. The number of rotatable bonds is 7. The van der Waals surface area contributed by atoms with E-state index in [1.54, 1.807) is 32.1 Å². The molecule has 0 radical (unpaired) electrons. The number of carbonyl (C=O) groups is 1. The van der Waals surface area contributed by atoms with E-state index in [4.69, 9.17) is 9.47 Å². The van der Waals surface area contributed by atoms with Gasteiger partial charge in [0.1, 0.15) is 18.2 Å². The molecule has 0 fully saturated rings. The van der Waals surface area contributed by atoms with Crippen LogP contribution in [0.25, 0.3) is 6.08 Å². The second-order valence-electron chi connectivity index (χ2n) is 8.70. The molecule has 1 aliphatic heterocycles. The van der Waals surface area contributed by atoms with Gasteiger partial charge >= 0.3 is 5.97 Å². The van der Waals surface area contributed by atoms with Crippen LogP contribution in [0.3, 0.4) is 0 Å². The zero-order valence-corrected chi connectivity index (χ0v) is 21.7. The molecule has 2 heterocycles. The number of aromatic nitrogens is 1. The van der Waals surface area contributed by atoms with Gasteiger partial charge in [-0.2, -0.15) is 0 Å². The highest BCUT2D eigenvalue weighted by molar-refractivity contribution is 7.07. The Labute approximate surface area is 222 Å². The quantitative estimate of drug-likeness (QED) is 0.331. The lowest BCUT2D eigenvalue weighted by Crippen LogP contribution is -2.39. The van der Waals surface area contributed by atoms with E-state index in [0.29, 0.717) is 27.2 Å². The summed E-state index contributed by atoms with van der Waals surface area (Å²) in [7, 11) is 0. The number of carbonyl (C=O) groups excluding carboxylic acids is 1. The van der Waals surface area contributed by atoms with Crippen LogP contribution in [0.4, 0.5) is 4.39 Å². The maximum Gasteiger partial charge on any atom is 0.338 e. The number of thiazole rings is 1. The minimum Gasteiger partial charge on any atom is -0.489 e. The first-order valence-corrected chi connectivity index (χ1v) is 13.0. The summed E-state index contributed by atoms with van der Waals surface area (Å²) in [5.41, 5.74) is 2.92. The summed E-state index contributed by atoms with van der Waals surface area (Å²) in [5.74, 6) is -0.238. The summed E-state index contributed by atoms with van der Waals surface area (Å²) in [5, 5.41) is 0. The molecule has 38 heavy (non-hydrogen) atoms. The van der Waals surface area contributed by atoms with Crippen molar-refractivity contribution in [3.05, 3.63) is 132 Å². The molecule has 1 aromatic heterocycles. The molecule has 1 aliphatic rings. The van der Waals surface area contributed by atoms with Crippen molar-refractivity contribution in [3.8, 4) is 5.75 Å². The van der Waals surface area contributed by atoms with Crippen LogP contribution in [-0.2, 0) is 16.1 Å². The monoisotopic (exact) mass is 528 g/mol. The SMILES string of the molecule is CCOC(=O)C1=C(C)N=c2s/c(=C\c3ccc(OCc4ccccc4)cc3)c(=O)n2[C@H]1c1ccc(F)cc1. The van der Waals surface area contributed by atoms with Gasteiger partial charge in [0.2, 0.25) is 0 Å². The van der Waals surface area contributed by atoms with Gasteiger partial charge < -0.3 is 9.47 Å². The molecule has 0 saturated heterocycles. The summed E-state index contributed by atoms with van der Waals surface area (Å²) in [6.07, 6.45) is 1.79. The first-order chi connectivity index (χ1) is 18.4. The lowest BCUT2D eigenvalue weighted by atomic mass is 9.96. The molecule has 192 valence electrons. The predicted molar refractivity (Wildman–Crippen MR) is 144 cm³/mol. The fourth-order valence-electron chi connectivity index (χ4n) is 4.30. The van der Waals surface area contributed by atoms with Gasteiger partial charge in [-0.05, 0) is 60.9 Å². The molecule has 6 nitrogen and oxygen atoms in total. The Balaban J connectivity index is 1.51. The van der Waals surface area contributed by atoms with Gasteiger partial charge in [0.05, 0.1) is 28.5 Å². The molecule has 4 aromatic rings. The lowest BCUT2D eigenvalue weighted by Gasteiger charge is -2.24. The van der Waals surface area contributed by atoms with Crippen LogP contribution in [0.15, 0.2) is 99.9 Å². The van der Waals surface area contributed by atoms with E-state index in [9.17, 15) is 14.0 Å². The maximum atomic E-state index is 13.7. The van der Waals surface area contributed by atoms with Crippen molar-refractivity contribution in [1.82, 2.24) is 4.57 Å². The minimum absolute atomic E-state index is 0.182. The number of ether oxygens (including phenoxy) is 2. The highest BCUT2D eigenvalue weighted by Crippen LogP contribution is 2.30. The minimum atomic E-state index is -0.776. The van der Waals surface area contributed by atoms with Gasteiger partial charge in [0, 0.05) is 0 Å². The number of fused-ring (bicyclic) bond motifs is 1. The normalized spacial score (nSPS) is 15.1. The maximum absolute atomic E-state index is 13.7. The zero-order valence-electron chi connectivity index (χ0n) is 20.9. The van der Waals surface area contributed by atoms with E-state index in [1.807, 2.05) is 54.6 Å². The molecule has 0 aliphatic carbocycles. The van der Waals surface area contributed by atoms with Gasteiger partial charge in [-0.15, -0.1) is 0 Å². The molecule has 0 amide bonds. The first-order valence-electron chi connectivity index (χ1n) is 12.2. The van der Waals surface area contributed by atoms with E-state index in [2.05, 4.69) is 4.99 Å². The molecule has 5 rings (SSSR count). The number of benzene rings is 3. The van der Waals surface area contributed by atoms with Gasteiger partial charge in [0.15, 0.2) is 4.80 Å². The summed E-state index contributed by atoms with van der Waals surface area (Å²) in [6, 6.07) is 22.4. The average molecular weight is 529 g/mol. The van der Waals surface area contributed by atoms with E-state index < -0.39 is 17.8 Å². The Hall–Kier alpha value is -4.30. The van der Waals surface area contributed by atoms with Crippen LogP contribution in [0.2, 0.25) is 0 Å². The summed E-state index contributed by atoms with van der Waals surface area (Å²) >= 11 is 1.24. The third-order valence-electron chi connectivity index (χ3n) is 6.13. The topological polar surface area (TPSA) is 69.9 Å². The molecule has 1 atom stereocenters. The number of hydrogen-bond acceptors (Lipinski definition) is 6. The second-order valence-corrected chi connectivity index (χ2v) is 9.71. The molecule has 0 spiro atoms. The number of nitrogens with zero attached hydrogens (tertiary/aromatic N) is 2. The number of allylic oxidation sites excluding steroid dienone is 1. The van der Waals surface area contributed by atoms with E-state index in [-0.39, 0.29) is 17.7 Å². The number of esters is 1. The second kappa shape index (κ2) is 11.0. The molecule has 0 unspecified atom stereocenters. The van der Waals surface area contributed by atoms with Gasteiger partial charge in [0.25, 0.3) is 5.56 Å². The standard InChI is InChI=1S/C30H25FN2O4S/c1-3-36-29(35)26-19(2)32-30-33(27(26)22-11-13-23(31)14-12-22)28(34)25(38-30)17-20-9-15-24(16-10-20)37-18-21-7-5-4-6-8-21/h4-17,27H,3,18H2,1-2H3/b25-17-/t27-/m0/s1. The molecular weight excluding hydrogens is 503 g/mol. The van der Waals surface area contributed by atoms with Crippen LogP contribution in [0.5, 0.6) is 5.75 Å². The van der Waals surface area contributed by atoms with Gasteiger partial charge in [-0.1, -0.05) is 65.9 Å². The fourth-order valence-corrected chi connectivity index (χ4v) is 5.35. The largest absolute Gasteiger partial charge is 0.489 e. The van der Waals surface area contributed by atoms with Crippen LogP contribution in [0.1, 0.15) is 36.6 Å². The van der Waals surface area contributed by atoms with E-state index in [1.165, 1.54) is 28.0 Å². The van der Waals surface area contributed by atoms with Crippen molar-refractivity contribution in [2.45, 2.75) is 26.5 Å². The van der Waals surface area contributed by atoms with E-state index >= 15 is 0 Å². The van der Waals surface area contributed by atoms with Crippen molar-refractivity contribution in [2.24, 2.45) is 4.99 Å². The summed E-state index contributed by atoms with van der Waals surface area (Å²) in [4.78, 5) is 31.6. The molecular formula is C30H25FN2O4S. The summed E-state index contributed by atoms with van der Waals surface area (Å²) < 4.78 is 26.8. The van der Waals surface area contributed by atoms with Crippen LogP contribution >= 0.6 is 11.3 Å². The van der Waals surface area contributed by atoms with Crippen molar-refractivity contribution in [3.63, 3.8) is 0 Å². The Kier molecular flexibility index (Phi) is 7.33. The highest BCUT2D eigenvalue weighted by Gasteiger charge is 2.33. The van der Waals surface area contributed by atoms with E-state index in [0.717, 1.165) is 16.9 Å². The van der Waals surface area contributed by atoms with Crippen molar-refractivity contribution >= 4 is 23.4 Å². The Morgan fingerprint density at radius 3 is 2.45 bits per heavy atom. The van der Waals surface area contributed by atoms with Crippen molar-refractivity contribution in [2.75, 3.05) is 6.61 Å². The highest BCUT2D eigenvalue weighted by atomic mass is 32.1. The molecule has 0 saturated carbocycles. The third kappa shape index (κ3) is 5.21. The summed E-state index contributed by atoms with van der Waals surface area (Å²) in [6.45, 7) is 4.08. The van der Waals surface area contributed by atoms with Crippen molar-refractivity contribution < 1.29 is 18.7 Å². The Bertz CT molecular complexity index is 1670. The number of hydrogen-bond donors (Lipinski definition) is 0. The molecule has 3 aromatic carbocycles.